The minimum Gasteiger partial charge on any atom is -0.469 e. The zero-order chi connectivity index (χ0) is 53.1. The number of carbonyl (C=O) groups is 9. The third kappa shape index (κ3) is 14.2. The normalized spacial score (nSPS) is 18.2. The molecule has 0 aliphatic carbocycles. The average molecular weight is 1030 g/mol. The number of esters is 1. The second-order valence-electron chi connectivity index (χ2n) is 19.7. The van der Waals surface area contributed by atoms with Crippen molar-refractivity contribution < 1.29 is 47.9 Å². The molecule has 6 rings (SSSR count). The Morgan fingerprint density at radius 1 is 0.753 bits per heavy atom. The van der Waals surface area contributed by atoms with Crippen LogP contribution in [0.1, 0.15) is 102 Å². The molecule has 2 saturated heterocycles. The molecule has 2 aliphatic rings. The molecule has 4 aromatic rings. The molecule has 8 amide bonds. The van der Waals surface area contributed by atoms with Crippen molar-refractivity contribution >= 4 is 87.8 Å². The molecule has 2 aromatic carbocycles. The van der Waals surface area contributed by atoms with Gasteiger partial charge in [-0.15, -0.1) is 0 Å². The molecule has 21 nitrogen and oxygen atoms in total. The van der Waals surface area contributed by atoms with Crippen LogP contribution in [0.3, 0.4) is 0 Å². The van der Waals surface area contributed by atoms with Crippen molar-refractivity contribution in [3.05, 3.63) is 66.1 Å². The first-order valence-electron chi connectivity index (χ1n) is 24.9. The number of fused-ring (bicyclic) bond motifs is 2. The van der Waals surface area contributed by atoms with Gasteiger partial charge in [0.15, 0.2) is 5.82 Å². The lowest BCUT2D eigenvalue weighted by Crippen LogP contribution is -2.60. The van der Waals surface area contributed by atoms with Crippen molar-refractivity contribution in [1.82, 2.24) is 51.3 Å². The maximum atomic E-state index is 14.6. The van der Waals surface area contributed by atoms with Gasteiger partial charge < -0.3 is 56.8 Å². The number of rotatable bonds is 23. The number of nitrogens with one attached hydrogen (secondary N) is 7. The number of hydrogen-bond acceptors (Lipinski definition) is 12. The molecule has 394 valence electrons. The Bertz CT molecular complexity index is 2640. The lowest BCUT2D eigenvalue weighted by atomic mass is 9.99. The van der Waals surface area contributed by atoms with Gasteiger partial charge in [0.2, 0.25) is 41.4 Å². The first-order chi connectivity index (χ1) is 34.8. The Labute approximate surface area is 429 Å². The summed E-state index contributed by atoms with van der Waals surface area (Å²) in [5, 5.41) is 14.2. The van der Waals surface area contributed by atoms with Gasteiger partial charge >= 0.3 is 5.97 Å². The highest BCUT2D eigenvalue weighted by atomic mass is 32.1. The van der Waals surface area contributed by atoms with Crippen LogP contribution in [0.4, 0.5) is 0 Å². The molecule has 22 heteroatoms. The third-order valence-corrected chi connectivity index (χ3v) is 13.8. The van der Waals surface area contributed by atoms with Gasteiger partial charge in [-0.1, -0.05) is 58.0 Å². The number of H-pyrrole nitrogens is 2. The number of hydrogen-bond donors (Lipinski definition) is 9. The molecule has 0 radical (unpaired) electrons. The van der Waals surface area contributed by atoms with Gasteiger partial charge in [-0.3, -0.25) is 43.2 Å². The summed E-state index contributed by atoms with van der Waals surface area (Å²) in [6.45, 7) is 9.11. The van der Waals surface area contributed by atoms with Gasteiger partial charge in [-0.2, -0.15) is 12.6 Å². The van der Waals surface area contributed by atoms with Crippen molar-refractivity contribution in [2.45, 2.75) is 140 Å². The van der Waals surface area contributed by atoms with E-state index in [1.807, 2.05) is 38.1 Å². The molecule has 0 unspecified atom stereocenters. The fraction of sp³-hybridized carbons (Fsp3) is 0.529. The fourth-order valence-corrected chi connectivity index (χ4v) is 9.76. The lowest BCUT2D eigenvalue weighted by molar-refractivity contribution is -0.144. The number of benzene rings is 2. The van der Waals surface area contributed by atoms with Crippen LogP contribution in [0, 0.1) is 11.8 Å². The van der Waals surface area contributed by atoms with Crippen molar-refractivity contribution in [3.8, 4) is 0 Å². The summed E-state index contributed by atoms with van der Waals surface area (Å²) in [5.41, 5.74) is 8.46. The van der Waals surface area contributed by atoms with Crippen molar-refractivity contribution in [2.75, 3.05) is 20.2 Å². The second kappa shape index (κ2) is 25.1. The Hall–Kier alpha value is -6.97. The van der Waals surface area contributed by atoms with Gasteiger partial charge in [0.25, 0.3) is 5.91 Å². The van der Waals surface area contributed by atoms with Crippen LogP contribution in [-0.4, -0.2) is 146 Å². The molecule has 0 saturated carbocycles. The number of thiol groups is 1. The van der Waals surface area contributed by atoms with E-state index in [-0.39, 0.29) is 50.4 Å². The number of nitrogens with two attached hydrogens (primary N) is 1. The Kier molecular flexibility index (Phi) is 19.0. The summed E-state index contributed by atoms with van der Waals surface area (Å²) in [4.78, 5) is 136. The fourth-order valence-electron chi connectivity index (χ4n) is 9.46. The minimum atomic E-state index is -1.22. The van der Waals surface area contributed by atoms with E-state index in [0.29, 0.717) is 43.3 Å². The Balaban J connectivity index is 1.12. The maximum absolute atomic E-state index is 14.6. The van der Waals surface area contributed by atoms with Gasteiger partial charge in [-0.25, -0.2) is 4.98 Å². The Morgan fingerprint density at radius 3 is 2.05 bits per heavy atom. The predicted molar refractivity (Wildman–Crippen MR) is 274 cm³/mol. The van der Waals surface area contributed by atoms with Gasteiger partial charge in [0.05, 0.1) is 24.6 Å². The van der Waals surface area contributed by atoms with E-state index in [9.17, 15) is 43.2 Å². The van der Waals surface area contributed by atoms with E-state index in [1.165, 1.54) is 23.8 Å². The van der Waals surface area contributed by atoms with Crippen LogP contribution < -0.4 is 32.3 Å². The number of nitrogens with zero attached hydrogens (tertiary/aromatic N) is 3. The molecule has 2 aliphatic heterocycles. The SMILES string of the molecule is COC(=O)C[C@@H](S)CC[C@H](NC(=O)c1nc2ccccc2[nH]1)C(=O)N[C@@H](C)C(=O)N[C@H](C(=O)N[C@@H](CC(C)C)C(=O)N1CCC[C@H]1C(=O)N[C@@H](Cc1c[nH]c2ccccc12)C(=O)N1CCC[C@H]1C(N)=O)C(C)C. The smallest absolute Gasteiger partial charge is 0.306 e. The number of primary amides is 1. The highest BCUT2D eigenvalue weighted by molar-refractivity contribution is 7.81. The van der Waals surface area contributed by atoms with Gasteiger partial charge in [-0.05, 0) is 87.5 Å². The van der Waals surface area contributed by atoms with Crippen LogP contribution in [0.5, 0.6) is 0 Å². The van der Waals surface area contributed by atoms with E-state index in [4.69, 9.17) is 10.5 Å². The number of aromatic amines is 2. The molecule has 73 heavy (non-hydrogen) atoms. The molecule has 0 bridgehead atoms. The number of likely N-dealkylation sites (tertiary alicyclic amines) is 2. The zero-order valence-electron chi connectivity index (χ0n) is 42.2. The maximum Gasteiger partial charge on any atom is 0.306 e. The van der Waals surface area contributed by atoms with Crippen molar-refractivity contribution in [2.24, 2.45) is 17.6 Å². The standard InChI is InChI=1S/C51H69N11O10S/c1-27(2)23-37(50(70)62-22-12-18-40(62)47(67)58-38(51(71)61-21-11-17-39(61)43(52)64)24-30-26-53-33-14-8-7-13-32(30)33)59-48(68)42(28(3)4)60-45(65)29(5)54-46(66)36(20-19-31(73)25-41(63)72-6)57-49(69)44-55-34-15-9-10-16-35(34)56-44/h7-10,13-16,26-29,31,36-40,42,53,73H,11-12,17-25H2,1-6H3,(H2,52,64)(H,54,66)(H,55,56)(H,57,69)(H,58,67)(H,59,68)(H,60,65)/t29-,31-,36-,37-,38-,39-,40-,42-/m0/s1. The summed E-state index contributed by atoms with van der Waals surface area (Å²) < 4.78 is 4.74. The van der Waals surface area contributed by atoms with Crippen LogP contribution in [-0.2, 0) is 49.5 Å². The highest BCUT2D eigenvalue weighted by Gasteiger charge is 2.42. The van der Waals surface area contributed by atoms with Crippen molar-refractivity contribution in [1.29, 1.82) is 0 Å². The number of ether oxygens (including phenoxy) is 1. The lowest BCUT2D eigenvalue weighted by Gasteiger charge is -2.33. The van der Waals surface area contributed by atoms with Crippen LogP contribution in [0.25, 0.3) is 21.9 Å². The number of carbonyl (C=O) groups excluding carboxylic acids is 9. The summed E-state index contributed by atoms with van der Waals surface area (Å²) in [7, 11) is 1.25. The second-order valence-corrected chi connectivity index (χ2v) is 20.4. The topological polar surface area (TPSA) is 300 Å². The average Bonchev–Trinajstić information content (AvgIpc) is 4.20. The summed E-state index contributed by atoms with van der Waals surface area (Å²) in [6, 6.07) is 6.98. The zero-order valence-corrected chi connectivity index (χ0v) is 43.1. The van der Waals surface area contributed by atoms with Gasteiger partial charge in [0.1, 0.15) is 42.3 Å². The molecule has 2 aromatic heterocycles. The molecule has 8 atom stereocenters. The van der Waals surface area contributed by atoms with E-state index >= 15 is 0 Å². The number of para-hydroxylation sites is 3. The predicted octanol–water partition coefficient (Wildman–Crippen LogP) is 2.16. The number of imidazole rings is 1. The quantitative estimate of drug-likeness (QED) is 0.0383. The molecular formula is C51H69N11O10S. The van der Waals surface area contributed by atoms with E-state index in [1.54, 1.807) is 44.3 Å². The van der Waals surface area contributed by atoms with Crippen molar-refractivity contribution in [3.63, 3.8) is 0 Å². The van der Waals surface area contributed by atoms with E-state index < -0.39 is 107 Å². The molecule has 0 spiro atoms. The first-order valence-corrected chi connectivity index (χ1v) is 25.4. The number of amides is 8. The molecule has 9 N–H and O–H groups in total. The summed E-state index contributed by atoms with van der Waals surface area (Å²) in [6.07, 6.45) is 4.01. The number of aromatic nitrogens is 3. The van der Waals surface area contributed by atoms with E-state index in [0.717, 1.165) is 16.5 Å². The largest absolute Gasteiger partial charge is 0.469 e. The minimum absolute atomic E-state index is 0.0266. The molecular weight excluding hydrogens is 959 g/mol. The van der Waals surface area contributed by atoms with Crippen LogP contribution >= 0.6 is 12.6 Å². The number of methoxy groups -OCH3 is 1. The summed E-state index contributed by atoms with van der Waals surface area (Å²) in [5.74, 6) is -6.07. The van der Waals surface area contributed by atoms with Gasteiger partial charge in [0, 0.05) is 41.9 Å². The Morgan fingerprint density at radius 2 is 1.40 bits per heavy atom. The molecule has 4 heterocycles. The highest BCUT2D eigenvalue weighted by Crippen LogP contribution is 2.25. The van der Waals surface area contributed by atoms with Crippen LogP contribution in [0.15, 0.2) is 54.7 Å². The summed E-state index contributed by atoms with van der Waals surface area (Å²) >= 11 is 4.46. The molecule has 2 fully saturated rings. The third-order valence-electron chi connectivity index (χ3n) is 13.4. The monoisotopic (exact) mass is 1030 g/mol. The van der Waals surface area contributed by atoms with Crippen LogP contribution in [0.2, 0.25) is 0 Å². The first kappa shape index (κ1) is 55.3. The van der Waals surface area contributed by atoms with E-state index in [2.05, 4.69) is 54.2 Å².